The first-order chi connectivity index (χ1) is 22.1. The van der Waals surface area contributed by atoms with Crippen molar-refractivity contribution in [2.24, 2.45) is 23.7 Å². The zero-order valence-corrected chi connectivity index (χ0v) is 28.5. The Morgan fingerprint density at radius 2 is 1.60 bits per heavy atom. The number of imidazole rings is 1. The van der Waals surface area contributed by atoms with Crippen molar-refractivity contribution in [3.63, 3.8) is 0 Å². The number of nitrogens with zero attached hydrogens (tertiary/aromatic N) is 4. The molecule has 3 saturated heterocycles. The number of hydrogen-bond acceptors (Lipinski definition) is 6. The third-order valence-electron chi connectivity index (χ3n) is 12.8. The van der Waals surface area contributed by atoms with Crippen LogP contribution in [-0.4, -0.2) is 97.3 Å². The summed E-state index contributed by atoms with van der Waals surface area (Å²) in [4.78, 5) is 11.2. The van der Waals surface area contributed by atoms with Crippen LogP contribution in [-0.2, 0) is 14.2 Å². The van der Waals surface area contributed by atoms with Gasteiger partial charge in [-0.3, -0.25) is 4.90 Å². The van der Waals surface area contributed by atoms with Crippen molar-refractivity contribution in [2.45, 2.75) is 115 Å². The first-order valence-corrected chi connectivity index (χ1v) is 18.7. The van der Waals surface area contributed by atoms with Crippen molar-refractivity contribution in [1.82, 2.24) is 19.4 Å². The number of fused-ring (bicyclic) bond motifs is 5. The van der Waals surface area contributed by atoms with Crippen molar-refractivity contribution in [3.05, 3.63) is 30.1 Å². The SMILES string of the molecule is COCCOCCOCCN1CCC[C@H](c2nc3ccccc3n2[C@@H]2C[C@@H]3CC[C@@H](C)[C@H](C2)N3[C@H]2C[C@@H]3CC[C@@H](C)[C@@H](C3)C2)C1. The average molecular weight is 621 g/mol. The summed E-state index contributed by atoms with van der Waals surface area (Å²) >= 11 is 0. The molecule has 4 bridgehead atoms. The summed E-state index contributed by atoms with van der Waals surface area (Å²) in [6.45, 7) is 11.7. The monoisotopic (exact) mass is 620 g/mol. The van der Waals surface area contributed by atoms with Gasteiger partial charge in [-0.25, -0.2) is 4.98 Å². The van der Waals surface area contributed by atoms with Crippen LogP contribution in [0.2, 0.25) is 0 Å². The van der Waals surface area contributed by atoms with Crippen molar-refractivity contribution in [3.8, 4) is 0 Å². The van der Waals surface area contributed by atoms with E-state index >= 15 is 0 Å². The van der Waals surface area contributed by atoms with Gasteiger partial charge < -0.3 is 23.7 Å². The molecule has 1 aromatic carbocycles. The summed E-state index contributed by atoms with van der Waals surface area (Å²) in [6.07, 6.45) is 15.2. The molecule has 1 aromatic heterocycles. The molecule has 4 heterocycles. The van der Waals surface area contributed by atoms with Crippen LogP contribution in [0.3, 0.4) is 0 Å². The van der Waals surface area contributed by atoms with Gasteiger partial charge in [0.15, 0.2) is 0 Å². The van der Waals surface area contributed by atoms with Crippen molar-refractivity contribution in [1.29, 1.82) is 0 Å². The quantitative estimate of drug-likeness (QED) is 0.240. The summed E-state index contributed by atoms with van der Waals surface area (Å²) < 4.78 is 19.3. The first kappa shape index (κ1) is 32.1. The van der Waals surface area contributed by atoms with Gasteiger partial charge in [0.05, 0.1) is 44.1 Å². The van der Waals surface area contributed by atoms with E-state index in [0.29, 0.717) is 44.4 Å². The highest BCUT2D eigenvalue weighted by atomic mass is 16.5. The lowest BCUT2D eigenvalue weighted by Gasteiger charge is -2.58. The zero-order chi connectivity index (χ0) is 30.8. The molecule has 2 saturated carbocycles. The molecule has 0 spiro atoms. The summed E-state index contributed by atoms with van der Waals surface area (Å²) in [5.74, 6) is 5.51. The fraction of sp³-hybridized carbons (Fsp3) is 0.816. The molecule has 0 unspecified atom stereocenters. The molecule has 0 radical (unpaired) electrons. The van der Waals surface area contributed by atoms with Crippen LogP contribution in [0.1, 0.15) is 102 Å². The number of rotatable bonds is 12. The molecule has 2 aromatic rings. The van der Waals surface area contributed by atoms with Gasteiger partial charge in [-0.2, -0.15) is 0 Å². The van der Waals surface area contributed by atoms with Crippen LogP contribution < -0.4 is 0 Å². The number of ether oxygens (including phenoxy) is 3. The van der Waals surface area contributed by atoms with Gasteiger partial charge in [0, 0.05) is 50.3 Å². The van der Waals surface area contributed by atoms with E-state index in [1.807, 2.05) is 0 Å². The van der Waals surface area contributed by atoms with Crippen LogP contribution in [0, 0.1) is 23.7 Å². The number of para-hydroxylation sites is 2. The number of aromatic nitrogens is 2. The van der Waals surface area contributed by atoms with Gasteiger partial charge in [0.2, 0.25) is 0 Å². The Morgan fingerprint density at radius 3 is 2.49 bits per heavy atom. The van der Waals surface area contributed by atoms with E-state index in [-0.39, 0.29) is 0 Å². The fourth-order valence-corrected chi connectivity index (χ4v) is 10.4. The topological polar surface area (TPSA) is 52.0 Å². The standard InChI is InChI=1S/C38H60N4O3/c1-27-10-12-29-21-31(27)23-33(22-29)41-32-13-11-28(2)37(41)25-34(24-32)42-36-9-5-4-8-35(36)39-38(42)30-7-6-14-40(26-30)15-16-44-19-20-45-18-17-43-3/h4-5,8-9,27-34,37H,6-7,10-26H2,1-3H3/t27-,28-,29-,30+,31+,32+,33+,34-,37+/m1/s1. The largest absolute Gasteiger partial charge is 0.382 e. The molecule has 7 heteroatoms. The summed E-state index contributed by atoms with van der Waals surface area (Å²) in [5, 5.41) is 0. The van der Waals surface area contributed by atoms with Crippen LogP contribution >= 0.6 is 0 Å². The molecule has 9 atom stereocenters. The van der Waals surface area contributed by atoms with Gasteiger partial charge >= 0.3 is 0 Å². The minimum absolute atomic E-state index is 0.484. The van der Waals surface area contributed by atoms with E-state index in [1.54, 1.807) is 7.11 Å². The van der Waals surface area contributed by atoms with E-state index in [0.717, 1.165) is 62.0 Å². The molecular weight excluding hydrogens is 560 g/mol. The third-order valence-corrected chi connectivity index (χ3v) is 12.8. The van der Waals surface area contributed by atoms with Crippen molar-refractivity contribution in [2.75, 3.05) is 59.8 Å². The van der Waals surface area contributed by atoms with Crippen molar-refractivity contribution >= 4 is 11.0 Å². The van der Waals surface area contributed by atoms with Crippen LogP contribution in [0.25, 0.3) is 11.0 Å². The van der Waals surface area contributed by atoms with E-state index in [9.17, 15) is 0 Å². The summed E-state index contributed by atoms with van der Waals surface area (Å²) in [6, 6.07) is 11.8. The number of piperidine rings is 3. The first-order valence-electron chi connectivity index (χ1n) is 18.7. The van der Waals surface area contributed by atoms with E-state index in [2.05, 4.69) is 52.5 Å². The van der Waals surface area contributed by atoms with Gasteiger partial charge in [0.25, 0.3) is 0 Å². The molecule has 2 aliphatic carbocycles. The Kier molecular flexibility index (Phi) is 10.5. The highest BCUT2D eigenvalue weighted by molar-refractivity contribution is 5.76. The lowest BCUT2D eigenvalue weighted by Crippen LogP contribution is -2.61. The predicted molar refractivity (Wildman–Crippen MR) is 181 cm³/mol. The van der Waals surface area contributed by atoms with Crippen LogP contribution in [0.4, 0.5) is 0 Å². The maximum Gasteiger partial charge on any atom is 0.114 e. The minimum atomic E-state index is 0.484. The fourth-order valence-electron chi connectivity index (χ4n) is 10.4. The predicted octanol–water partition coefficient (Wildman–Crippen LogP) is 6.91. The highest BCUT2D eigenvalue weighted by Gasteiger charge is 2.48. The number of methoxy groups -OCH3 is 1. The van der Waals surface area contributed by atoms with Gasteiger partial charge in [-0.1, -0.05) is 38.8 Å². The Hall–Kier alpha value is -1.51. The number of hydrogen-bond donors (Lipinski definition) is 0. The second-order valence-electron chi connectivity index (χ2n) is 15.6. The van der Waals surface area contributed by atoms with Crippen LogP contribution in [0.5, 0.6) is 0 Å². The summed E-state index contributed by atoms with van der Waals surface area (Å²) in [7, 11) is 1.71. The second kappa shape index (κ2) is 14.7. The van der Waals surface area contributed by atoms with Gasteiger partial charge in [-0.15, -0.1) is 0 Å². The molecule has 250 valence electrons. The minimum Gasteiger partial charge on any atom is -0.382 e. The van der Waals surface area contributed by atoms with Gasteiger partial charge in [0.1, 0.15) is 5.82 Å². The highest BCUT2D eigenvalue weighted by Crippen LogP contribution is 2.50. The molecule has 45 heavy (non-hydrogen) atoms. The third kappa shape index (κ3) is 7.04. The number of benzene rings is 1. The van der Waals surface area contributed by atoms with Gasteiger partial charge in [-0.05, 0) is 100 Å². The lowest BCUT2D eigenvalue weighted by molar-refractivity contribution is -0.0744. The molecule has 0 amide bonds. The van der Waals surface area contributed by atoms with Crippen LogP contribution in [0.15, 0.2) is 24.3 Å². The second-order valence-corrected chi connectivity index (χ2v) is 15.6. The van der Waals surface area contributed by atoms with Crippen molar-refractivity contribution < 1.29 is 14.2 Å². The summed E-state index contributed by atoms with van der Waals surface area (Å²) in [5.41, 5.74) is 2.56. The molecule has 5 aliphatic rings. The maximum absolute atomic E-state index is 5.93. The molecule has 7 rings (SSSR count). The zero-order valence-electron chi connectivity index (χ0n) is 28.5. The average Bonchev–Trinajstić information content (AvgIpc) is 3.45. The Morgan fingerprint density at radius 1 is 0.778 bits per heavy atom. The molecule has 3 aliphatic heterocycles. The Bertz CT molecular complexity index is 1230. The molecule has 5 fully saturated rings. The lowest BCUT2D eigenvalue weighted by atomic mass is 9.64. The molecular formula is C38H60N4O3. The normalized spacial score (nSPS) is 36.0. The Labute approximate surface area is 272 Å². The molecule has 7 nitrogen and oxygen atoms in total. The van der Waals surface area contributed by atoms with E-state index < -0.39 is 0 Å². The number of likely N-dealkylation sites (tertiary alicyclic amines) is 1. The van der Waals surface area contributed by atoms with E-state index in [1.165, 1.54) is 87.5 Å². The molecule has 0 N–H and O–H groups in total. The van der Waals surface area contributed by atoms with E-state index in [4.69, 9.17) is 19.2 Å². The smallest absolute Gasteiger partial charge is 0.114 e. The Balaban J connectivity index is 1.05. The maximum atomic E-state index is 5.93.